The summed E-state index contributed by atoms with van der Waals surface area (Å²) < 4.78 is 27.5. The van der Waals surface area contributed by atoms with Crippen molar-refractivity contribution in [3.05, 3.63) is 34.9 Å². The zero-order chi connectivity index (χ0) is 14.8. The van der Waals surface area contributed by atoms with Crippen LogP contribution in [-0.2, 0) is 15.6 Å². The lowest BCUT2D eigenvalue weighted by Gasteiger charge is -2.24. The molecule has 108 valence electrons. The van der Waals surface area contributed by atoms with Crippen LogP contribution in [0, 0.1) is 0 Å². The molecule has 0 saturated carbocycles. The number of nitrogens with zero attached hydrogens (tertiary/aromatic N) is 2. The van der Waals surface area contributed by atoms with Gasteiger partial charge in [0.15, 0.2) is 5.82 Å². The first-order valence-corrected chi connectivity index (χ1v) is 8.09. The summed E-state index contributed by atoms with van der Waals surface area (Å²) in [6.45, 7) is 3.49. The van der Waals surface area contributed by atoms with Crippen molar-refractivity contribution >= 4 is 27.2 Å². The molecule has 2 aromatic rings. The second-order valence-electron chi connectivity index (χ2n) is 4.56. The fraction of sp³-hybridized carbons (Fsp3) is 0.273. The molecule has 0 spiro atoms. The lowest BCUT2D eigenvalue weighted by atomic mass is 10.1. The van der Waals surface area contributed by atoms with E-state index in [2.05, 4.69) is 20.1 Å². The van der Waals surface area contributed by atoms with Crippen LogP contribution >= 0.6 is 11.3 Å². The minimum atomic E-state index is -3.78. The van der Waals surface area contributed by atoms with Crippen LogP contribution in [0.2, 0.25) is 0 Å². The summed E-state index contributed by atoms with van der Waals surface area (Å²) in [7, 11) is -3.78. The zero-order valence-corrected chi connectivity index (χ0v) is 12.6. The van der Waals surface area contributed by atoms with Crippen molar-refractivity contribution < 1.29 is 8.42 Å². The van der Waals surface area contributed by atoms with Gasteiger partial charge in [0.2, 0.25) is 10.0 Å². The van der Waals surface area contributed by atoms with Crippen LogP contribution in [0.5, 0.6) is 0 Å². The molecule has 4 N–H and O–H groups in total. The summed E-state index contributed by atoms with van der Waals surface area (Å²) in [5.41, 5.74) is 1.45. The normalized spacial score (nSPS) is 12.3. The van der Waals surface area contributed by atoms with Crippen molar-refractivity contribution in [2.24, 2.45) is 5.84 Å². The Morgan fingerprint density at radius 3 is 2.65 bits per heavy atom. The minimum Gasteiger partial charge on any atom is -0.307 e. The average molecular weight is 313 g/mol. The molecule has 2 rings (SSSR count). The first-order valence-electron chi connectivity index (χ1n) is 5.72. The third kappa shape index (κ3) is 2.96. The van der Waals surface area contributed by atoms with Gasteiger partial charge in [0.25, 0.3) is 0 Å². The first kappa shape index (κ1) is 14.9. The summed E-state index contributed by atoms with van der Waals surface area (Å²) >= 11 is 1.38. The van der Waals surface area contributed by atoms with E-state index in [9.17, 15) is 8.42 Å². The third-order valence-electron chi connectivity index (χ3n) is 2.55. The molecule has 0 fully saturated rings. The van der Waals surface area contributed by atoms with Crippen LogP contribution < -0.4 is 16.0 Å². The zero-order valence-electron chi connectivity index (χ0n) is 11.0. The number of nitrogens with one attached hydrogen (secondary N) is 2. The lowest BCUT2D eigenvalue weighted by molar-refractivity contribution is 0.470. The molecule has 2 heterocycles. The molecule has 0 bridgehead atoms. The molecule has 2 aromatic heterocycles. The van der Waals surface area contributed by atoms with E-state index in [-0.39, 0.29) is 10.7 Å². The monoisotopic (exact) mass is 313 g/mol. The Hall–Kier alpha value is -1.55. The van der Waals surface area contributed by atoms with E-state index in [0.717, 1.165) is 0 Å². The highest BCUT2D eigenvalue weighted by atomic mass is 32.2. The van der Waals surface area contributed by atoms with Crippen LogP contribution in [0.4, 0.5) is 5.82 Å². The van der Waals surface area contributed by atoms with Crippen LogP contribution in [0.3, 0.4) is 0 Å². The summed E-state index contributed by atoms with van der Waals surface area (Å²) in [6, 6.07) is 2.97. The Kier molecular flexibility index (Phi) is 4.04. The molecule has 0 unspecified atom stereocenters. The molecule has 0 amide bonds. The van der Waals surface area contributed by atoms with Crippen molar-refractivity contribution in [1.29, 1.82) is 0 Å². The van der Waals surface area contributed by atoms with Crippen molar-refractivity contribution in [1.82, 2.24) is 14.7 Å². The van der Waals surface area contributed by atoms with E-state index in [1.165, 1.54) is 29.7 Å². The topological polar surface area (TPSA) is 110 Å². The van der Waals surface area contributed by atoms with E-state index in [0.29, 0.717) is 5.01 Å². The number of nitrogen functional groups attached to an aromatic ring is 1. The summed E-state index contributed by atoms with van der Waals surface area (Å²) in [5.74, 6) is 5.38. The predicted octanol–water partition coefficient (Wildman–Crippen LogP) is 1.04. The summed E-state index contributed by atoms with van der Waals surface area (Å²) in [5, 5.41) is 2.47. The highest BCUT2D eigenvalue weighted by molar-refractivity contribution is 7.89. The van der Waals surface area contributed by atoms with Gasteiger partial charge in [0.05, 0.1) is 5.54 Å². The van der Waals surface area contributed by atoms with E-state index < -0.39 is 15.6 Å². The number of hydrazine groups is 1. The molecular formula is C11H15N5O2S2. The van der Waals surface area contributed by atoms with Gasteiger partial charge in [-0.1, -0.05) is 0 Å². The molecule has 0 aliphatic heterocycles. The quantitative estimate of drug-likeness (QED) is 0.562. The molecule has 0 saturated heterocycles. The number of thiazole rings is 1. The smallest absolute Gasteiger partial charge is 0.245 e. The molecule has 9 heteroatoms. The van der Waals surface area contributed by atoms with Gasteiger partial charge >= 0.3 is 0 Å². The highest BCUT2D eigenvalue weighted by Gasteiger charge is 2.31. The maximum atomic E-state index is 12.5. The molecule has 0 aliphatic carbocycles. The second kappa shape index (κ2) is 5.44. The summed E-state index contributed by atoms with van der Waals surface area (Å²) in [4.78, 5) is 8.02. The number of pyridine rings is 1. The maximum Gasteiger partial charge on any atom is 0.245 e. The van der Waals surface area contributed by atoms with Gasteiger partial charge < -0.3 is 5.43 Å². The van der Waals surface area contributed by atoms with Gasteiger partial charge in [-0.15, -0.1) is 11.3 Å². The predicted molar refractivity (Wildman–Crippen MR) is 77.5 cm³/mol. The SMILES string of the molecule is CC(C)(NS(=O)(=O)c1cccnc1NN)c1nccs1. The maximum absolute atomic E-state index is 12.5. The third-order valence-corrected chi connectivity index (χ3v) is 5.34. The average Bonchev–Trinajstić information content (AvgIpc) is 2.92. The van der Waals surface area contributed by atoms with Crippen LogP contribution in [0.25, 0.3) is 0 Å². The van der Waals surface area contributed by atoms with Gasteiger partial charge in [-0.05, 0) is 26.0 Å². The molecule has 0 atom stereocenters. The molecule has 7 nitrogen and oxygen atoms in total. The number of hydrogen-bond donors (Lipinski definition) is 3. The number of nitrogens with two attached hydrogens (primary N) is 1. The highest BCUT2D eigenvalue weighted by Crippen LogP contribution is 2.26. The Balaban J connectivity index is 2.37. The molecule has 0 aliphatic rings. The van der Waals surface area contributed by atoms with Crippen molar-refractivity contribution in [3.63, 3.8) is 0 Å². The Morgan fingerprint density at radius 1 is 1.30 bits per heavy atom. The summed E-state index contributed by atoms with van der Waals surface area (Å²) in [6.07, 6.45) is 3.09. The molecular weight excluding hydrogens is 298 g/mol. The number of rotatable bonds is 5. The number of hydrogen-bond acceptors (Lipinski definition) is 7. The first-order chi connectivity index (χ1) is 9.37. The van der Waals surface area contributed by atoms with Crippen LogP contribution in [0.1, 0.15) is 18.9 Å². The molecule has 0 radical (unpaired) electrons. The van der Waals surface area contributed by atoms with Crippen LogP contribution in [0.15, 0.2) is 34.8 Å². The van der Waals surface area contributed by atoms with E-state index in [1.807, 2.05) is 0 Å². The minimum absolute atomic E-state index is 0.00729. The fourth-order valence-corrected chi connectivity index (χ4v) is 3.97. The fourth-order valence-electron chi connectivity index (χ4n) is 1.68. The van der Waals surface area contributed by atoms with Gasteiger partial charge in [-0.2, -0.15) is 4.72 Å². The van der Waals surface area contributed by atoms with E-state index >= 15 is 0 Å². The largest absolute Gasteiger partial charge is 0.307 e. The van der Waals surface area contributed by atoms with Gasteiger partial charge in [-0.25, -0.2) is 24.2 Å². The Bertz CT molecular complexity index is 683. The van der Waals surface area contributed by atoms with Gasteiger partial charge in [0, 0.05) is 17.8 Å². The van der Waals surface area contributed by atoms with Gasteiger partial charge in [0.1, 0.15) is 9.90 Å². The van der Waals surface area contributed by atoms with E-state index in [1.54, 1.807) is 25.4 Å². The van der Waals surface area contributed by atoms with Gasteiger partial charge in [-0.3, -0.25) is 0 Å². The van der Waals surface area contributed by atoms with E-state index in [4.69, 9.17) is 5.84 Å². The number of sulfonamides is 1. The Morgan fingerprint density at radius 2 is 2.05 bits per heavy atom. The molecule has 20 heavy (non-hydrogen) atoms. The lowest BCUT2D eigenvalue weighted by Crippen LogP contribution is -2.41. The number of aromatic nitrogens is 2. The second-order valence-corrected chi connectivity index (χ2v) is 7.11. The number of anilines is 1. The van der Waals surface area contributed by atoms with Crippen molar-refractivity contribution in [2.45, 2.75) is 24.3 Å². The van der Waals surface area contributed by atoms with Crippen LogP contribution in [-0.4, -0.2) is 18.4 Å². The molecule has 0 aromatic carbocycles. The Labute approximate surface area is 121 Å². The standard InChI is InChI=1S/C11H15N5O2S2/c1-11(2,10-14-6-7-19-10)16-20(17,18)8-4-3-5-13-9(8)15-12/h3-7,16H,12H2,1-2H3,(H,13,15). The van der Waals surface area contributed by atoms with Crippen molar-refractivity contribution in [2.75, 3.05) is 5.43 Å². The van der Waals surface area contributed by atoms with Crippen molar-refractivity contribution in [3.8, 4) is 0 Å².